The molecule has 0 saturated heterocycles. The average molecular weight is 451 g/mol. The Morgan fingerprint density at radius 1 is 0.647 bits per heavy atom. The molecular weight excluding hydrogens is 430 g/mol. The summed E-state index contributed by atoms with van der Waals surface area (Å²) in [5.74, 6) is -2.24. The second-order valence-electron chi connectivity index (χ2n) is 7.90. The molecule has 0 spiro atoms. The van der Waals surface area contributed by atoms with E-state index in [2.05, 4.69) is 47.0 Å². The van der Waals surface area contributed by atoms with Crippen LogP contribution < -0.4 is 0 Å². The lowest BCUT2D eigenvalue weighted by Crippen LogP contribution is -2.02. The van der Waals surface area contributed by atoms with Crippen LogP contribution in [0.15, 0.2) is 67.0 Å². The Bertz CT molecular complexity index is 1420. The first-order valence-electron chi connectivity index (χ1n) is 10.5. The topological polar surface area (TPSA) is 113 Å². The van der Waals surface area contributed by atoms with Gasteiger partial charge in [-0.05, 0) is 61.4 Å². The second-order valence-corrected chi connectivity index (χ2v) is 7.90. The highest BCUT2D eigenvalue weighted by atomic mass is 16.4. The van der Waals surface area contributed by atoms with E-state index in [-0.39, 0.29) is 22.5 Å². The van der Waals surface area contributed by atoms with Crippen molar-refractivity contribution in [1.82, 2.24) is 15.0 Å². The van der Waals surface area contributed by atoms with Crippen molar-refractivity contribution in [2.45, 2.75) is 13.8 Å². The van der Waals surface area contributed by atoms with Crippen LogP contribution in [0.3, 0.4) is 0 Å². The molecule has 0 fully saturated rings. The molecule has 3 aromatic heterocycles. The van der Waals surface area contributed by atoms with Crippen LogP contribution in [0, 0.1) is 13.8 Å². The summed E-state index contributed by atoms with van der Waals surface area (Å²) < 4.78 is 0. The van der Waals surface area contributed by atoms with Crippen LogP contribution in [-0.4, -0.2) is 37.1 Å². The zero-order valence-corrected chi connectivity index (χ0v) is 18.6. The SMILES string of the molecule is Cc1cc(C)cc(/C=C/c2ccnc(-c3cc(C(=O)O)cc(-c4cc(C(=O)O)ccn4)n3)c2)c1. The van der Waals surface area contributed by atoms with Crippen LogP contribution >= 0.6 is 0 Å². The van der Waals surface area contributed by atoms with Crippen molar-refractivity contribution in [3.05, 3.63) is 100 Å². The number of carbonyl (C=O) groups is 2. The van der Waals surface area contributed by atoms with Gasteiger partial charge in [0.15, 0.2) is 0 Å². The van der Waals surface area contributed by atoms with Gasteiger partial charge in [0.1, 0.15) is 0 Å². The lowest BCUT2D eigenvalue weighted by atomic mass is 10.1. The quantitative estimate of drug-likeness (QED) is 0.404. The first kappa shape index (κ1) is 22.5. The Morgan fingerprint density at radius 3 is 1.79 bits per heavy atom. The molecule has 0 radical (unpaired) electrons. The van der Waals surface area contributed by atoms with Gasteiger partial charge in [-0.1, -0.05) is 41.5 Å². The maximum Gasteiger partial charge on any atom is 0.335 e. The van der Waals surface area contributed by atoms with Gasteiger partial charge in [-0.25, -0.2) is 14.6 Å². The third-order valence-electron chi connectivity index (χ3n) is 5.10. The largest absolute Gasteiger partial charge is 0.478 e. The van der Waals surface area contributed by atoms with E-state index in [1.54, 1.807) is 6.20 Å². The number of nitrogens with zero attached hydrogens (tertiary/aromatic N) is 3. The summed E-state index contributed by atoms with van der Waals surface area (Å²) in [6, 6.07) is 15.5. The van der Waals surface area contributed by atoms with Crippen molar-refractivity contribution in [3.63, 3.8) is 0 Å². The van der Waals surface area contributed by atoms with Gasteiger partial charge in [-0.2, -0.15) is 0 Å². The fourth-order valence-electron chi connectivity index (χ4n) is 3.61. The standard InChI is InChI=1S/C27H21N3O4/c1-16-9-17(2)11-19(10-16)4-3-18-5-7-28-22(12-18)24-14-21(27(33)34)15-25(30-24)23-13-20(26(31)32)6-8-29-23/h3-15H,1-2H3,(H,31,32)(H,33,34)/b4-3+. The molecule has 168 valence electrons. The van der Waals surface area contributed by atoms with E-state index in [4.69, 9.17) is 0 Å². The van der Waals surface area contributed by atoms with Crippen molar-refractivity contribution in [2.24, 2.45) is 0 Å². The number of carboxylic acids is 2. The van der Waals surface area contributed by atoms with E-state index >= 15 is 0 Å². The highest BCUT2D eigenvalue weighted by molar-refractivity contribution is 5.91. The van der Waals surface area contributed by atoms with E-state index in [1.165, 1.54) is 41.6 Å². The van der Waals surface area contributed by atoms with Gasteiger partial charge in [0.2, 0.25) is 0 Å². The van der Waals surface area contributed by atoms with E-state index in [0.717, 1.165) is 11.1 Å². The molecule has 1 aromatic carbocycles. The molecule has 34 heavy (non-hydrogen) atoms. The number of aryl methyl sites for hydroxylation is 2. The minimum atomic E-state index is -1.13. The van der Waals surface area contributed by atoms with Crippen LogP contribution in [0.2, 0.25) is 0 Å². The first-order valence-corrected chi connectivity index (χ1v) is 10.5. The van der Waals surface area contributed by atoms with Crippen molar-refractivity contribution >= 4 is 24.1 Å². The Hall–Kier alpha value is -4.65. The maximum absolute atomic E-state index is 11.8. The Morgan fingerprint density at radius 2 is 1.18 bits per heavy atom. The van der Waals surface area contributed by atoms with Crippen LogP contribution in [0.4, 0.5) is 0 Å². The van der Waals surface area contributed by atoms with Gasteiger partial charge < -0.3 is 10.2 Å². The minimum Gasteiger partial charge on any atom is -0.478 e. The molecule has 7 nitrogen and oxygen atoms in total. The highest BCUT2D eigenvalue weighted by Crippen LogP contribution is 2.24. The summed E-state index contributed by atoms with van der Waals surface area (Å²) in [6.07, 6.45) is 6.95. The predicted molar refractivity (Wildman–Crippen MR) is 129 cm³/mol. The molecule has 0 unspecified atom stereocenters. The molecule has 0 saturated carbocycles. The first-order chi connectivity index (χ1) is 16.3. The number of aromatic nitrogens is 3. The van der Waals surface area contributed by atoms with Crippen LogP contribution in [-0.2, 0) is 0 Å². The summed E-state index contributed by atoms with van der Waals surface area (Å²) in [5, 5.41) is 18.9. The van der Waals surface area contributed by atoms with Gasteiger partial charge >= 0.3 is 11.9 Å². The molecule has 0 aliphatic carbocycles. The Labute approximate surface area is 196 Å². The molecule has 0 amide bonds. The zero-order valence-electron chi connectivity index (χ0n) is 18.6. The van der Waals surface area contributed by atoms with Gasteiger partial charge in [0.05, 0.1) is 33.9 Å². The summed E-state index contributed by atoms with van der Waals surface area (Å²) in [4.78, 5) is 36.2. The van der Waals surface area contributed by atoms with E-state index in [1.807, 2.05) is 24.3 Å². The summed E-state index contributed by atoms with van der Waals surface area (Å²) in [7, 11) is 0. The zero-order chi connectivity index (χ0) is 24.2. The molecule has 0 atom stereocenters. The van der Waals surface area contributed by atoms with E-state index in [0.29, 0.717) is 11.4 Å². The lowest BCUT2D eigenvalue weighted by molar-refractivity contribution is 0.0686. The van der Waals surface area contributed by atoms with Crippen LogP contribution in [0.1, 0.15) is 43.0 Å². The molecule has 0 aliphatic heterocycles. The van der Waals surface area contributed by atoms with Gasteiger partial charge in [0, 0.05) is 12.4 Å². The summed E-state index contributed by atoms with van der Waals surface area (Å²) in [5.41, 5.74) is 5.68. The molecule has 0 aliphatic rings. The van der Waals surface area contributed by atoms with Crippen LogP contribution in [0.25, 0.3) is 34.9 Å². The smallest absolute Gasteiger partial charge is 0.335 e. The van der Waals surface area contributed by atoms with Gasteiger partial charge in [-0.15, -0.1) is 0 Å². The third-order valence-corrected chi connectivity index (χ3v) is 5.10. The molecular formula is C27H21N3O4. The normalized spacial score (nSPS) is 11.0. The lowest BCUT2D eigenvalue weighted by Gasteiger charge is -2.08. The summed E-state index contributed by atoms with van der Waals surface area (Å²) in [6.45, 7) is 4.10. The number of rotatable bonds is 6. The maximum atomic E-state index is 11.8. The van der Waals surface area contributed by atoms with Crippen molar-refractivity contribution in [1.29, 1.82) is 0 Å². The number of carboxylic acid groups (broad SMARTS) is 2. The molecule has 0 bridgehead atoms. The van der Waals surface area contributed by atoms with E-state index in [9.17, 15) is 19.8 Å². The van der Waals surface area contributed by atoms with E-state index < -0.39 is 11.9 Å². The van der Waals surface area contributed by atoms with Gasteiger partial charge in [-0.3, -0.25) is 9.97 Å². The molecule has 7 heteroatoms. The Kier molecular flexibility index (Phi) is 6.27. The fraction of sp³-hybridized carbons (Fsp3) is 0.0741. The molecule has 4 aromatic rings. The van der Waals surface area contributed by atoms with Crippen molar-refractivity contribution in [2.75, 3.05) is 0 Å². The second kappa shape index (κ2) is 9.46. The molecule has 2 N–H and O–H groups in total. The fourth-order valence-corrected chi connectivity index (χ4v) is 3.61. The monoisotopic (exact) mass is 451 g/mol. The predicted octanol–water partition coefficient (Wildman–Crippen LogP) is 5.39. The number of benzene rings is 1. The number of hydrogen-bond acceptors (Lipinski definition) is 5. The summed E-state index contributed by atoms with van der Waals surface area (Å²) >= 11 is 0. The number of pyridine rings is 3. The number of aromatic carboxylic acids is 2. The highest BCUT2D eigenvalue weighted by Gasteiger charge is 2.14. The Balaban J connectivity index is 1.74. The van der Waals surface area contributed by atoms with Crippen molar-refractivity contribution in [3.8, 4) is 22.8 Å². The molecule has 4 rings (SSSR count). The minimum absolute atomic E-state index is 0.000471. The molecule has 3 heterocycles. The average Bonchev–Trinajstić information content (AvgIpc) is 2.82. The third kappa shape index (κ3) is 5.21. The number of hydrogen-bond donors (Lipinski definition) is 2. The van der Waals surface area contributed by atoms with Crippen molar-refractivity contribution < 1.29 is 19.8 Å². The van der Waals surface area contributed by atoms with Crippen LogP contribution in [0.5, 0.6) is 0 Å². The van der Waals surface area contributed by atoms with Gasteiger partial charge in [0.25, 0.3) is 0 Å².